The Morgan fingerprint density at radius 2 is 1.85 bits per heavy atom. The Hall–Kier alpha value is -0.890. The molecule has 0 bridgehead atoms. The third-order valence-corrected chi connectivity index (χ3v) is 6.00. The molecule has 3 rings (SSSR count). The summed E-state index contributed by atoms with van der Waals surface area (Å²) in [5.41, 5.74) is 1.09. The topological polar surface area (TPSA) is 45.7 Å². The van der Waals surface area contributed by atoms with Gasteiger partial charge in [0.2, 0.25) is 0 Å². The molecule has 0 spiro atoms. The van der Waals surface area contributed by atoms with Gasteiger partial charge >= 0.3 is 0 Å². The van der Waals surface area contributed by atoms with Crippen LogP contribution in [-0.4, -0.2) is 39.8 Å². The lowest BCUT2D eigenvalue weighted by atomic mass is 9.67. The molecule has 0 aliphatic heterocycles. The van der Waals surface area contributed by atoms with Gasteiger partial charge in [0.05, 0.1) is 0 Å². The number of hydrogen-bond donors (Lipinski definition) is 2. The van der Waals surface area contributed by atoms with Gasteiger partial charge in [0.1, 0.15) is 5.82 Å². The predicted octanol–water partition coefficient (Wildman–Crippen LogP) is 3.85. The standard InChI is InChI=1S/C20H30FN3O.HI/c1-22-18(23-14-19(8-5-9-19)12-13-25-2)24-15-20(10-11-20)16-6-3-4-7-17(16)21;/h3-4,6-7H,5,8-15H2,1-2H3,(H2,22,23,24);1H. The maximum atomic E-state index is 14.1. The second-order valence-corrected chi connectivity index (χ2v) is 7.64. The molecule has 0 radical (unpaired) electrons. The number of benzene rings is 1. The molecule has 1 aromatic rings. The van der Waals surface area contributed by atoms with E-state index in [4.69, 9.17) is 4.74 Å². The van der Waals surface area contributed by atoms with E-state index in [1.807, 2.05) is 12.1 Å². The van der Waals surface area contributed by atoms with Gasteiger partial charge in [-0.25, -0.2) is 4.39 Å². The van der Waals surface area contributed by atoms with Crippen LogP contribution in [0.2, 0.25) is 0 Å². The first-order valence-electron chi connectivity index (χ1n) is 9.32. The summed E-state index contributed by atoms with van der Waals surface area (Å²) in [5.74, 6) is 0.712. The van der Waals surface area contributed by atoms with Gasteiger partial charge in [-0.2, -0.15) is 0 Å². The second-order valence-electron chi connectivity index (χ2n) is 7.64. The Balaban J connectivity index is 0.00000243. The van der Waals surface area contributed by atoms with Crippen LogP contribution in [0, 0.1) is 11.2 Å². The van der Waals surface area contributed by atoms with E-state index < -0.39 is 0 Å². The lowest BCUT2D eigenvalue weighted by molar-refractivity contribution is 0.0732. The Morgan fingerprint density at radius 3 is 2.38 bits per heavy atom. The Morgan fingerprint density at radius 1 is 1.15 bits per heavy atom. The Labute approximate surface area is 173 Å². The molecule has 0 amide bonds. The summed E-state index contributed by atoms with van der Waals surface area (Å²) in [6.45, 7) is 2.45. The molecule has 0 unspecified atom stereocenters. The highest BCUT2D eigenvalue weighted by Gasteiger charge is 2.46. The molecule has 6 heteroatoms. The molecule has 2 fully saturated rings. The third kappa shape index (κ3) is 4.88. The maximum absolute atomic E-state index is 14.1. The number of aliphatic imine (C=N–C) groups is 1. The van der Waals surface area contributed by atoms with Gasteiger partial charge in [0, 0.05) is 39.3 Å². The van der Waals surface area contributed by atoms with Gasteiger partial charge < -0.3 is 15.4 Å². The second kappa shape index (κ2) is 9.35. The van der Waals surface area contributed by atoms with Gasteiger partial charge in [-0.1, -0.05) is 24.6 Å². The maximum Gasteiger partial charge on any atom is 0.191 e. The van der Waals surface area contributed by atoms with Crippen LogP contribution in [-0.2, 0) is 10.2 Å². The minimum atomic E-state index is -0.0993. The van der Waals surface area contributed by atoms with Crippen molar-refractivity contribution < 1.29 is 9.13 Å². The molecule has 0 atom stereocenters. The average Bonchev–Trinajstić information content (AvgIpc) is 3.37. The fourth-order valence-electron chi connectivity index (χ4n) is 3.84. The van der Waals surface area contributed by atoms with Crippen molar-refractivity contribution >= 4 is 29.9 Å². The zero-order chi connectivity index (χ0) is 17.8. The summed E-state index contributed by atoms with van der Waals surface area (Å²) in [4.78, 5) is 4.35. The van der Waals surface area contributed by atoms with E-state index >= 15 is 0 Å². The van der Waals surface area contributed by atoms with Crippen LogP contribution < -0.4 is 10.6 Å². The molecule has 2 aliphatic rings. The zero-order valence-electron chi connectivity index (χ0n) is 15.8. The van der Waals surface area contributed by atoms with Gasteiger partial charge in [-0.15, -0.1) is 24.0 Å². The molecule has 0 heterocycles. The highest BCUT2D eigenvalue weighted by Crippen LogP contribution is 2.48. The molecule has 2 saturated carbocycles. The molecular weight excluding hydrogens is 444 g/mol. The van der Waals surface area contributed by atoms with Crippen LogP contribution in [0.4, 0.5) is 4.39 Å². The largest absolute Gasteiger partial charge is 0.385 e. The molecular formula is C20H31FIN3O. The van der Waals surface area contributed by atoms with E-state index in [1.54, 1.807) is 26.3 Å². The van der Waals surface area contributed by atoms with Crippen molar-refractivity contribution in [3.05, 3.63) is 35.6 Å². The van der Waals surface area contributed by atoms with Crippen molar-refractivity contribution in [2.75, 3.05) is 33.9 Å². The number of hydrogen-bond acceptors (Lipinski definition) is 2. The number of guanidine groups is 1. The van der Waals surface area contributed by atoms with Crippen LogP contribution in [0.1, 0.15) is 44.1 Å². The molecule has 0 aromatic heterocycles. The fourth-order valence-corrected chi connectivity index (χ4v) is 3.84. The van der Waals surface area contributed by atoms with E-state index in [1.165, 1.54) is 19.3 Å². The van der Waals surface area contributed by atoms with E-state index in [-0.39, 0.29) is 35.2 Å². The van der Waals surface area contributed by atoms with Gasteiger partial charge in [0.25, 0.3) is 0 Å². The summed E-state index contributed by atoms with van der Waals surface area (Å²) in [7, 11) is 3.55. The minimum Gasteiger partial charge on any atom is -0.385 e. The van der Waals surface area contributed by atoms with Crippen molar-refractivity contribution in [1.82, 2.24) is 10.6 Å². The first kappa shape index (κ1) is 21.4. The molecule has 26 heavy (non-hydrogen) atoms. The molecule has 0 saturated heterocycles. The molecule has 4 nitrogen and oxygen atoms in total. The zero-order valence-corrected chi connectivity index (χ0v) is 18.1. The summed E-state index contributed by atoms with van der Waals surface area (Å²) in [5, 5.41) is 6.89. The number of halogens is 2. The van der Waals surface area contributed by atoms with Gasteiger partial charge in [-0.3, -0.25) is 4.99 Å². The normalized spacial score (nSPS) is 19.9. The van der Waals surface area contributed by atoms with Crippen molar-refractivity contribution in [1.29, 1.82) is 0 Å². The van der Waals surface area contributed by atoms with Crippen LogP contribution in [0.3, 0.4) is 0 Å². The lowest BCUT2D eigenvalue weighted by Crippen LogP contribution is -2.48. The van der Waals surface area contributed by atoms with Gasteiger partial charge in [-0.05, 0) is 49.1 Å². The number of nitrogens with one attached hydrogen (secondary N) is 2. The van der Waals surface area contributed by atoms with E-state index in [0.717, 1.165) is 50.5 Å². The third-order valence-electron chi connectivity index (χ3n) is 6.00. The smallest absolute Gasteiger partial charge is 0.191 e. The van der Waals surface area contributed by atoms with Gasteiger partial charge in [0.15, 0.2) is 5.96 Å². The van der Waals surface area contributed by atoms with Crippen LogP contribution in [0.5, 0.6) is 0 Å². The van der Waals surface area contributed by atoms with Crippen LogP contribution in [0.15, 0.2) is 29.3 Å². The van der Waals surface area contributed by atoms with E-state index in [2.05, 4.69) is 15.6 Å². The summed E-state index contributed by atoms with van der Waals surface area (Å²) >= 11 is 0. The molecule has 146 valence electrons. The monoisotopic (exact) mass is 475 g/mol. The predicted molar refractivity (Wildman–Crippen MR) is 115 cm³/mol. The minimum absolute atomic E-state index is 0. The fraction of sp³-hybridized carbons (Fsp3) is 0.650. The number of nitrogens with zero attached hydrogens (tertiary/aromatic N) is 1. The van der Waals surface area contributed by atoms with Crippen LogP contribution in [0.25, 0.3) is 0 Å². The quantitative estimate of drug-likeness (QED) is 0.341. The number of ether oxygens (including phenoxy) is 1. The van der Waals surface area contributed by atoms with Crippen molar-refractivity contribution in [3.8, 4) is 0 Å². The highest BCUT2D eigenvalue weighted by atomic mass is 127. The van der Waals surface area contributed by atoms with Crippen molar-refractivity contribution in [3.63, 3.8) is 0 Å². The average molecular weight is 475 g/mol. The van der Waals surface area contributed by atoms with Crippen LogP contribution >= 0.6 is 24.0 Å². The van der Waals surface area contributed by atoms with Crippen molar-refractivity contribution in [2.45, 2.75) is 43.9 Å². The number of methoxy groups -OCH3 is 1. The van der Waals surface area contributed by atoms with E-state index in [0.29, 0.717) is 5.41 Å². The molecule has 2 N–H and O–H groups in total. The highest BCUT2D eigenvalue weighted by molar-refractivity contribution is 14.0. The molecule has 1 aromatic carbocycles. The first-order valence-corrected chi connectivity index (χ1v) is 9.32. The SMILES string of the molecule is CN=C(NCC1(CCOC)CCC1)NCC1(c2ccccc2F)CC1.I. The van der Waals surface area contributed by atoms with Crippen molar-refractivity contribution in [2.24, 2.45) is 10.4 Å². The summed E-state index contributed by atoms with van der Waals surface area (Å²) < 4.78 is 19.4. The molecule has 2 aliphatic carbocycles. The Bertz CT molecular complexity index is 615. The summed E-state index contributed by atoms with van der Waals surface area (Å²) in [6, 6.07) is 7.13. The lowest BCUT2D eigenvalue weighted by Gasteiger charge is -2.42. The Kier molecular flexibility index (Phi) is 7.70. The number of rotatable bonds is 8. The first-order chi connectivity index (χ1) is 12.1. The van der Waals surface area contributed by atoms with E-state index in [9.17, 15) is 4.39 Å². The summed E-state index contributed by atoms with van der Waals surface area (Å²) in [6.07, 6.45) is 6.94.